The number of likely N-dealkylation sites (tertiary alicyclic amines) is 1. The van der Waals surface area contributed by atoms with Gasteiger partial charge in [0.1, 0.15) is 5.82 Å². The topological polar surface area (TPSA) is 55.6 Å². The Balaban J connectivity index is 1.62. The lowest BCUT2D eigenvalue weighted by Gasteiger charge is -2.31. The molecule has 2 aromatic rings. The number of piperidine rings is 1. The van der Waals surface area contributed by atoms with E-state index in [0.29, 0.717) is 13.2 Å². The third-order valence-corrected chi connectivity index (χ3v) is 5.75. The van der Waals surface area contributed by atoms with Gasteiger partial charge in [0, 0.05) is 24.6 Å². The van der Waals surface area contributed by atoms with E-state index in [4.69, 9.17) is 10.5 Å². The fraction of sp³-hybridized carbons (Fsp3) is 0.450. The number of carbonyl (C=O) groups is 1. The van der Waals surface area contributed by atoms with E-state index in [1.165, 1.54) is 23.5 Å². The van der Waals surface area contributed by atoms with Crippen molar-refractivity contribution in [2.45, 2.75) is 32.3 Å². The summed E-state index contributed by atoms with van der Waals surface area (Å²) in [5.41, 5.74) is 7.42. The molecule has 1 fully saturated rings. The molecule has 0 bridgehead atoms. The van der Waals surface area contributed by atoms with Crippen LogP contribution in [-0.4, -0.2) is 43.2 Å². The van der Waals surface area contributed by atoms with Gasteiger partial charge in [-0.3, -0.25) is 4.79 Å². The Morgan fingerprint density at radius 1 is 1.31 bits per heavy atom. The van der Waals surface area contributed by atoms with Crippen LogP contribution in [0.1, 0.15) is 33.8 Å². The number of thiophene rings is 1. The van der Waals surface area contributed by atoms with E-state index >= 15 is 0 Å². The van der Waals surface area contributed by atoms with Gasteiger partial charge >= 0.3 is 0 Å². The van der Waals surface area contributed by atoms with Crippen LogP contribution in [-0.2, 0) is 4.74 Å². The Labute approximate surface area is 157 Å². The minimum absolute atomic E-state index is 0.0758. The SMILES string of the molecule is Cc1sc(C(=O)N2CCC(OCCCN)CC2)cc1-c1ccc(F)cc1. The van der Waals surface area contributed by atoms with Crippen LogP contribution in [0.4, 0.5) is 4.39 Å². The molecule has 1 aliphatic heterocycles. The number of halogens is 1. The third kappa shape index (κ3) is 4.50. The van der Waals surface area contributed by atoms with Crippen LogP contribution in [0.2, 0.25) is 0 Å². The van der Waals surface area contributed by atoms with Gasteiger partial charge in [-0.1, -0.05) is 12.1 Å². The molecule has 4 nitrogen and oxygen atoms in total. The number of ether oxygens (including phenoxy) is 1. The molecule has 1 aromatic carbocycles. The minimum Gasteiger partial charge on any atom is -0.378 e. The van der Waals surface area contributed by atoms with Gasteiger partial charge in [-0.2, -0.15) is 0 Å². The molecule has 0 atom stereocenters. The van der Waals surface area contributed by atoms with Gasteiger partial charge in [-0.15, -0.1) is 11.3 Å². The van der Waals surface area contributed by atoms with Crippen LogP contribution in [0.25, 0.3) is 11.1 Å². The molecule has 1 amide bonds. The Kier molecular flexibility index (Phi) is 6.40. The van der Waals surface area contributed by atoms with Crippen LogP contribution in [0.5, 0.6) is 0 Å². The van der Waals surface area contributed by atoms with Crippen LogP contribution < -0.4 is 5.73 Å². The summed E-state index contributed by atoms with van der Waals surface area (Å²) >= 11 is 1.50. The van der Waals surface area contributed by atoms with Gasteiger partial charge in [0.25, 0.3) is 5.91 Å². The summed E-state index contributed by atoms with van der Waals surface area (Å²) in [7, 11) is 0. The maximum atomic E-state index is 13.1. The molecule has 1 aliphatic rings. The highest BCUT2D eigenvalue weighted by Gasteiger charge is 2.25. The first-order valence-corrected chi connectivity index (χ1v) is 9.87. The van der Waals surface area contributed by atoms with Crippen molar-refractivity contribution in [3.05, 3.63) is 45.9 Å². The predicted molar refractivity (Wildman–Crippen MR) is 103 cm³/mol. The molecule has 140 valence electrons. The standard InChI is InChI=1S/C20H25FN2O2S/c1-14-18(15-3-5-16(21)6-4-15)13-19(26-14)20(24)23-10-7-17(8-11-23)25-12-2-9-22/h3-6,13,17H,2,7-12,22H2,1H3. The van der Waals surface area contributed by atoms with Gasteiger partial charge in [0.05, 0.1) is 11.0 Å². The van der Waals surface area contributed by atoms with Crippen molar-refractivity contribution in [1.82, 2.24) is 4.90 Å². The third-order valence-electron chi connectivity index (χ3n) is 4.71. The number of hydrogen-bond acceptors (Lipinski definition) is 4. The molecule has 0 aliphatic carbocycles. The zero-order chi connectivity index (χ0) is 18.5. The molecule has 0 spiro atoms. The van der Waals surface area contributed by atoms with E-state index in [2.05, 4.69) is 0 Å². The zero-order valence-electron chi connectivity index (χ0n) is 15.0. The maximum Gasteiger partial charge on any atom is 0.263 e. The molecular formula is C20H25FN2O2S. The highest BCUT2D eigenvalue weighted by Crippen LogP contribution is 2.32. The minimum atomic E-state index is -0.255. The number of rotatable bonds is 6. The Hall–Kier alpha value is -1.76. The van der Waals surface area contributed by atoms with Gasteiger partial charge < -0.3 is 15.4 Å². The van der Waals surface area contributed by atoms with E-state index in [-0.39, 0.29) is 17.8 Å². The quantitative estimate of drug-likeness (QED) is 0.780. The van der Waals surface area contributed by atoms with Crippen LogP contribution in [0.3, 0.4) is 0 Å². The van der Waals surface area contributed by atoms with Crippen molar-refractivity contribution in [2.24, 2.45) is 5.73 Å². The number of aryl methyl sites for hydroxylation is 1. The number of benzene rings is 1. The molecule has 1 aromatic heterocycles. The Morgan fingerprint density at radius 2 is 2.00 bits per heavy atom. The van der Waals surface area contributed by atoms with Gasteiger partial charge in [0.15, 0.2) is 0 Å². The lowest BCUT2D eigenvalue weighted by atomic mass is 10.1. The summed E-state index contributed by atoms with van der Waals surface area (Å²) in [4.78, 5) is 16.6. The maximum absolute atomic E-state index is 13.1. The number of hydrogen-bond donors (Lipinski definition) is 1. The normalized spacial score (nSPS) is 15.4. The van der Waals surface area contributed by atoms with Gasteiger partial charge in [0.2, 0.25) is 0 Å². The van der Waals surface area contributed by atoms with E-state index in [1.54, 1.807) is 12.1 Å². The second-order valence-corrected chi connectivity index (χ2v) is 7.85. The zero-order valence-corrected chi connectivity index (χ0v) is 15.9. The first kappa shape index (κ1) is 19.0. The molecule has 3 rings (SSSR count). The highest BCUT2D eigenvalue weighted by atomic mass is 32.1. The largest absolute Gasteiger partial charge is 0.378 e. The van der Waals surface area contributed by atoms with Crippen molar-refractivity contribution >= 4 is 17.2 Å². The Morgan fingerprint density at radius 3 is 2.65 bits per heavy atom. The summed E-state index contributed by atoms with van der Waals surface area (Å²) in [6, 6.07) is 8.33. The molecule has 2 N–H and O–H groups in total. The lowest BCUT2D eigenvalue weighted by molar-refractivity contribution is 0.00858. The van der Waals surface area contributed by atoms with Gasteiger partial charge in [-0.25, -0.2) is 4.39 Å². The second-order valence-electron chi connectivity index (χ2n) is 6.59. The molecule has 0 radical (unpaired) electrons. The number of nitrogens with two attached hydrogens (primary N) is 1. The average molecular weight is 376 g/mol. The molecule has 26 heavy (non-hydrogen) atoms. The predicted octanol–water partition coefficient (Wildman–Crippen LogP) is 3.83. The van der Waals surface area contributed by atoms with Crippen molar-refractivity contribution in [1.29, 1.82) is 0 Å². The summed E-state index contributed by atoms with van der Waals surface area (Å²) in [6.07, 6.45) is 2.84. The van der Waals surface area contributed by atoms with Crippen molar-refractivity contribution in [2.75, 3.05) is 26.2 Å². The highest BCUT2D eigenvalue weighted by molar-refractivity contribution is 7.14. The molecular weight excluding hydrogens is 351 g/mol. The molecule has 0 saturated carbocycles. The first-order valence-electron chi connectivity index (χ1n) is 9.06. The van der Waals surface area contributed by atoms with Crippen molar-refractivity contribution < 1.29 is 13.9 Å². The van der Waals surface area contributed by atoms with E-state index in [0.717, 1.165) is 53.2 Å². The Bertz CT molecular complexity index is 737. The van der Waals surface area contributed by atoms with E-state index in [1.807, 2.05) is 17.9 Å². The summed E-state index contributed by atoms with van der Waals surface area (Å²) in [6.45, 7) is 4.77. The summed E-state index contributed by atoms with van der Waals surface area (Å²) < 4.78 is 18.9. The van der Waals surface area contributed by atoms with Crippen molar-refractivity contribution in [3.8, 4) is 11.1 Å². The molecule has 0 unspecified atom stereocenters. The molecule has 2 heterocycles. The van der Waals surface area contributed by atoms with Crippen LogP contribution in [0, 0.1) is 12.7 Å². The van der Waals surface area contributed by atoms with E-state index < -0.39 is 0 Å². The van der Waals surface area contributed by atoms with Gasteiger partial charge in [-0.05, 0) is 62.1 Å². The monoisotopic (exact) mass is 376 g/mol. The lowest BCUT2D eigenvalue weighted by Crippen LogP contribution is -2.40. The van der Waals surface area contributed by atoms with E-state index in [9.17, 15) is 9.18 Å². The molecule has 6 heteroatoms. The van der Waals surface area contributed by atoms with Crippen molar-refractivity contribution in [3.63, 3.8) is 0 Å². The summed E-state index contributed by atoms with van der Waals surface area (Å²) in [5, 5.41) is 0. The number of carbonyl (C=O) groups excluding carboxylic acids is 1. The average Bonchev–Trinajstić information content (AvgIpc) is 3.04. The molecule has 1 saturated heterocycles. The fourth-order valence-electron chi connectivity index (χ4n) is 3.22. The number of amides is 1. The van der Waals surface area contributed by atoms with Crippen LogP contribution in [0.15, 0.2) is 30.3 Å². The fourth-order valence-corrected chi connectivity index (χ4v) is 4.23. The first-order chi connectivity index (χ1) is 12.6. The smallest absolute Gasteiger partial charge is 0.263 e. The van der Waals surface area contributed by atoms with Crippen LogP contribution >= 0.6 is 11.3 Å². The summed E-state index contributed by atoms with van der Waals surface area (Å²) in [5.74, 6) is -0.179. The number of nitrogens with zero attached hydrogens (tertiary/aromatic N) is 1. The second kappa shape index (κ2) is 8.75.